The van der Waals surface area contributed by atoms with E-state index in [1.165, 1.54) is 19.2 Å². The van der Waals surface area contributed by atoms with Gasteiger partial charge < -0.3 is 15.2 Å². The molecule has 0 unspecified atom stereocenters. The van der Waals surface area contributed by atoms with Crippen LogP contribution in [0.4, 0.5) is 10.1 Å². The molecule has 2 aromatic rings. The molecule has 4 nitrogen and oxygen atoms in total. The highest BCUT2D eigenvalue weighted by atomic mass is 19.1. The number of hydrogen-bond donors (Lipinski definition) is 1. The number of aryl methyl sites for hydroxylation is 1. The third kappa shape index (κ3) is 3.31. The van der Waals surface area contributed by atoms with Gasteiger partial charge in [-0.25, -0.2) is 9.18 Å². The van der Waals surface area contributed by atoms with Gasteiger partial charge in [0.05, 0.1) is 12.7 Å². The summed E-state index contributed by atoms with van der Waals surface area (Å²) in [6, 6.07) is 9.35. The van der Waals surface area contributed by atoms with Crippen LogP contribution in [0, 0.1) is 12.7 Å². The summed E-state index contributed by atoms with van der Waals surface area (Å²) in [5.41, 5.74) is 7.79. The Morgan fingerprint density at radius 2 is 2.05 bits per heavy atom. The molecule has 0 spiro atoms. The molecule has 0 saturated heterocycles. The van der Waals surface area contributed by atoms with Crippen molar-refractivity contribution >= 4 is 11.7 Å². The molecule has 0 saturated carbocycles. The Bertz CT molecular complexity index is 671. The lowest BCUT2D eigenvalue weighted by atomic mass is 10.1. The first kappa shape index (κ1) is 14.8. The number of esters is 1. The number of rotatable bonds is 4. The summed E-state index contributed by atoms with van der Waals surface area (Å²) in [4.78, 5) is 11.8. The maximum absolute atomic E-state index is 13.2. The molecule has 2 rings (SSSR count). The van der Waals surface area contributed by atoms with Crippen molar-refractivity contribution in [3.63, 3.8) is 0 Å². The predicted molar refractivity (Wildman–Crippen MR) is 77.7 cm³/mol. The Kier molecular flexibility index (Phi) is 4.42. The van der Waals surface area contributed by atoms with Crippen molar-refractivity contribution in [3.05, 3.63) is 58.9 Å². The molecule has 0 aliphatic carbocycles. The van der Waals surface area contributed by atoms with Crippen molar-refractivity contribution < 1.29 is 18.7 Å². The first-order valence-electron chi connectivity index (χ1n) is 6.37. The first-order valence-corrected chi connectivity index (χ1v) is 6.37. The lowest BCUT2D eigenvalue weighted by Gasteiger charge is -2.13. The molecule has 0 atom stereocenters. The van der Waals surface area contributed by atoms with Gasteiger partial charge in [-0.15, -0.1) is 0 Å². The second kappa shape index (κ2) is 6.26. The highest BCUT2D eigenvalue weighted by Gasteiger charge is 2.16. The average Bonchev–Trinajstić information content (AvgIpc) is 2.47. The molecule has 0 radical (unpaired) electrons. The minimum Gasteiger partial charge on any atom is -0.488 e. The summed E-state index contributed by atoms with van der Waals surface area (Å²) >= 11 is 0. The van der Waals surface area contributed by atoms with E-state index in [0.717, 1.165) is 5.56 Å². The van der Waals surface area contributed by atoms with Crippen LogP contribution in [0.15, 0.2) is 36.4 Å². The standard InChI is InChI=1S/C16H16FNO3/c1-10-6-7-12(17)8-14(10)21-9-11-4-3-5-13(18)15(11)16(19)20-2/h3-8H,9,18H2,1-2H3. The zero-order valence-electron chi connectivity index (χ0n) is 11.9. The van der Waals surface area contributed by atoms with E-state index in [1.807, 2.05) is 6.92 Å². The molecule has 5 heteroatoms. The topological polar surface area (TPSA) is 61.5 Å². The van der Waals surface area contributed by atoms with Gasteiger partial charge in [-0.05, 0) is 24.6 Å². The first-order chi connectivity index (χ1) is 10.0. The van der Waals surface area contributed by atoms with E-state index in [0.29, 0.717) is 17.0 Å². The van der Waals surface area contributed by atoms with E-state index in [9.17, 15) is 9.18 Å². The fourth-order valence-corrected chi connectivity index (χ4v) is 1.98. The summed E-state index contributed by atoms with van der Waals surface area (Å²) in [7, 11) is 1.29. The molecule has 0 amide bonds. The second-order valence-electron chi connectivity index (χ2n) is 4.57. The molecule has 0 aliphatic rings. The molecule has 0 fully saturated rings. The molecule has 110 valence electrons. The van der Waals surface area contributed by atoms with Gasteiger partial charge in [-0.2, -0.15) is 0 Å². The molecular formula is C16H16FNO3. The number of nitrogen functional groups attached to an aromatic ring is 1. The Balaban J connectivity index is 2.26. The number of benzene rings is 2. The Morgan fingerprint density at radius 3 is 2.76 bits per heavy atom. The third-order valence-electron chi connectivity index (χ3n) is 3.11. The molecule has 0 aromatic heterocycles. The van der Waals surface area contributed by atoms with Crippen LogP contribution >= 0.6 is 0 Å². The van der Waals surface area contributed by atoms with Crippen LogP contribution in [0.2, 0.25) is 0 Å². The number of carbonyl (C=O) groups excluding carboxylic acids is 1. The SMILES string of the molecule is COC(=O)c1c(N)cccc1COc1cc(F)ccc1C. The fraction of sp³-hybridized carbons (Fsp3) is 0.188. The smallest absolute Gasteiger partial charge is 0.340 e. The van der Waals surface area contributed by atoms with Crippen LogP contribution in [0.1, 0.15) is 21.5 Å². The van der Waals surface area contributed by atoms with Gasteiger partial charge in [0.25, 0.3) is 0 Å². The third-order valence-corrected chi connectivity index (χ3v) is 3.11. The highest BCUT2D eigenvalue weighted by molar-refractivity contribution is 5.96. The zero-order chi connectivity index (χ0) is 15.4. The van der Waals surface area contributed by atoms with Crippen LogP contribution in [0.25, 0.3) is 0 Å². The van der Waals surface area contributed by atoms with E-state index in [4.69, 9.17) is 15.2 Å². The van der Waals surface area contributed by atoms with E-state index < -0.39 is 5.97 Å². The summed E-state index contributed by atoms with van der Waals surface area (Å²) in [6.45, 7) is 1.91. The number of halogens is 1. The molecule has 0 bridgehead atoms. The minimum absolute atomic E-state index is 0.0970. The predicted octanol–water partition coefficient (Wildman–Crippen LogP) is 3.08. The normalized spacial score (nSPS) is 10.2. The Labute approximate surface area is 122 Å². The van der Waals surface area contributed by atoms with Gasteiger partial charge in [-0.3, -0.25) is 0 Å². The maximum Gasteiger partial charge on any atom is 0.340 e. The minimum atomic E-state index is -0.525. The van der Waals surface area contributed by atoms with E-state index >= 15 is 0 Å². The van der Waals surface area contributed by atoms with Crippen LogP contribution < -0.4 is 10.5 Å². The van der Waals surface area contributed by atoms with E-state index in [2.05, 4.69) is 0 Å². The maximum atomic E-state index is 13.2. The number of hydrogen-bond acceptors (Lipinski definition) is 4. The van der Waals surface area contributed by atoms with Gasteiger partial charge in [0.2, 0.25) is 0 Å². The molecule has 0 aliphatic heterocycles. The zero-order valence-corrected chi connectivity index (χ0v) is 11.9. The monoisotopic (exact) mass is 289 g/mol. The summed E-state index contributed by atoms with van der Waals surface area (Å²) < 4.78 is 23.5. The molecular weight excluding hydrogens is 273 g/mol. The number of anilines is 1. The highest BCUT2D eigenvalue weighted by Crippen LogP contribution is 2.23. The fourth-order valence-electron chi connectivity index (χ4n) is 1.98. The Morgan fingerprint density at radius 1 is 1.29 bits per heavy atom. The van der Waals surface area contributed by atoms with Crippen LogP contribution in [-0.4, -0.2) is 13.1 Å². The summed E-state index contributed by atoms with van der Waals surface area (Å²) in [5, 5.41) is 0. The lowest BCUT2D eigenvalue weighted by molar-refractivity contribution is 0.0599. The molecule has 2 N–H and O–H groups in total. The van der Waals surface area contributed by atoms with Gasteiger partial charge in [0.1, 0.15) is 18.2 Å². The van der Waals surface area contributed by atoms with Crippen LogP contribution in [0.5, 0.6) is 5.75 Å². The summed E-state index contributed by atoms with van der Waals surface area (Å²) in [5.74, 6) is -0.479. The van der Waals surface area contributed by atoms with Crippen molar-refractivity contribution in [2.75, 3.05) is 12.8 Å². The van der Waals surface area contributed by atoms with Crippen molar-refractivity contribution in [1.82, 2.24) is 0 Å². The molecule has 2 aromatic carbocycles. The molecule has 21 heavy (non-hydrogen) atoms. The van der Waals surface area contributed by atoms with Crippen LogP contribution in [0.3, 0.4) is 0 Å². The van der Waals surface area contributed by atoms with Crippen LogP contribution in [-0.2, 0) is 11.3 Å². The number of nitrogens with two attached hydrogens (primary N) is 1. The van der Waals surface area contributed by atoms with Gasteiger partial charge >= 0.3 is 5.97 Å². The van der Waals surface area contributed by atoms with Crippen molar-refractivity contribution in [3.8, 4) is 5.75 Å². The molecule has 0 heterocycles. The van der Waals surface area contributed by atoms with E-state index in [1.54, 1.807) is 24.3 Å². The quantitative estimate of drug-likeness (QED) is 0.694. The Hall–Kier alpha value is -2.56. The van der Waals surface area contributed by atoms with Crippen molar-refractivity contribution in [2.45, 2.75) is 13.5 Å². The summed E-state index contributed by atoms with van der Waals surface area (Å²) in [6.07, 6.45) is 0. The van der Waals surface area contributed by atoms with Gasteiger partial charge in [0, 0.05) is 17.3 Å². The number of ether oxygens (including phenoxy) is 2. The van der Waals surface area contributed by atoms with Crippen molar-refractivity contribution in [1.29, 1.82) is 0 Å². The average molecular weight is 289 g/mol. The van der Waals surface area contributed by atoms with E-state index in [-0.39, 0.29) is 18.0 Å². The number of carbonyl (C=O) groups is 1. The second-order valence-corrected chi connectivity index (χ2v) is 4.57. The number of methoxy groups -OCH3 is 1. The lowest BCUT2D eigenvalue weighted by Crippen LogP contribution is -2.11. The van der Waals surface area contributed by atoms with Gasteiger partial charge in [-0.1, -0.05) is 18.2 Å². The van der Waals surface area contributed by atoms with Crippen molar-refractivity contribution in [2.24, 2.45) is 0 Å². The van der Waals surface area contributed by atoms with Gasteiger partial charge in [0.15, 0.2) is 0 Å². The largest absolute Gasteiger partial charge is 0.488 e.